The van der Waals surface area contributed by atoms with E-state index in [2.05, 4.69) is 58.9 Å². The molecular weight excluding hydrogens is 362 g/mol. The molecule has 29 heavy (non-hydrogen) atoms. The molecule has 0 bridgehead atoms. The van der Waals surface area contributed by atoms with Crippen LogP contribution < -0.4 is 20.4 Å². The molecule has 0 atom stereocenters. The predicted molar refractivity (Wildman–Crippen MR) is 120 cm³/mol. The molecular formula is C23H31N5O. The maximum atomic E-state index is 11.9. The summed E-state index contributed by atoms with van der Waals surface area (Å²) >= 11 is 0. The molecule has 1 amide bonds. The molecule has 1 saturated heterocycles. The van der Waals surface area contributed by atoms with Gasteiger partial charge in [0.15, 0.2) is 5.96 Å². The van der Waals surface area contributed by atoms with Crippen LogP contribution in [0, 0.1) is 0 Å². The lowest BCUT2D eigenvalue weighted by Crippen LogP contribution is -2.36. The second-order valence-corrected chi connectivity index (χ2v) is 7.43. The molecule has 1 aliphatic rings. The fraction of sp³-hybridized carbons (Fsp3) is 0.391. The zero-order valence-electron chi connectivity index (χ0n) is 17.6. The van der Waals surface area contributed by atoms with Crippen molar-refractivity contribution in [3.63, 3.8) is 0 Å². The minimum absolute atomic E-state index is 0.218. The van der Waals surface area contributed by atoms with Gasteiger partial charge in [-0.05, 0) is 48.7 Å². The molecule has 2 aromatic carbocycles. The second-order valence-electron chi connectivity index (χ2n) is 7.43. The fourth-order valence-electron chi connectivity index (χ4n) is 3.35. The highest BCUT2D eigenvalue weighted by Gasteiger charge is 2.21. The molecule has 2 aromatic rings. The first-order valence-corrected chi connectivity index (χ1v) is 10.2. The zero-order valence-corrected chi connectivity index (χ0v) is 17.6. The van der Waals surface area contributed by atoms with Gasteiger partial charge in [-0.1, -0.05) is 24.3 Å². The van der Waals surface area contributed by atoms with Crippen molar-refractivity contribution >= 4 is 23.2 Å². The number of hydrogen-bond donors (Lipinski definition) is 2. The van der Waals surface area contributed by atoms with E-state index in [0.717, 1.165) is 36.7 Å². The summed E-state index contributed by atoms with van der Waals surface area (Å²) in [6.07, 6.45) is 1.60. The zero-order chi connectivity index (χ0) is 20.6. The number of amides is 1. The number of nitrogens with zero attached hydrogens (tertiary/aromatic N) is 3. The van der Waals surface area contributed by atoms with E-state index in [4.69, 9.17) is 4.99 Å². The predicted octanol–water partition coefficient (Wildman–Crippen LogP) is 3.13. The van der Waals surface area contributed by atoms with Crippen molar-refractivity contribution in [2.45, 2.75) is 32.9 Å². The third kappa shape index (κ3) is 5.73. The van der Waals surface area contributed by atoms with E-state index in [9.17, 15) is 4.79 Å². The molecule has 3 rings (SSSR count). The Morgan fingerprint density at radius 3 is 2.55 bits per heavy atom. The van der Waals surface area contributed by atoms with Gasteiger partial charge in [-0.25, -0.2) is 4.99 Å². The lowest BCUT2D eigenvalue weighted by Gasteiger charge is -2.16. The van der Waals surface area contributed by atoms with Gasteiger partial charge in [0.2, 0.25) is 5.91 Å². The van der Waals surface area contributed by atoms with Gasteiger partial charge in [0.25, 0.3) is 0 Å². The Hall–Kier alpha value is -3.02. The Labute approximate surface area is 173 Å². The van der Waals surface area contributed by atoms with Gasteiger partial charge in [-0.3, -0.25) is 4.79 Å². The molecule has 6 nitrogen and oxygen atoms in total. The second kappa shape index (κ2) is 9.96. The molecule has 0 spiro atoms. The van der Waals surface area contributed by atoms with E-state index < -0.39 is 0 Å². The van der Waals surface area contributed by atoms with Crippen LogP contribution >= 0.6 is 0 Å². The SMILES string of the molecule is CCNC(=NCc1cccc(N(C)C)c1)NCc1ccc(N2CCCC2=O)cc1. The first kappa shape index (κ1) is 20.7. The summed E-state index contributed by atoms with van der Waals surface area (Å²) in [7, 11) is 4.08. The first-order chi connectivity index (χ1) is 14.1. The maximum Gasteiger partial charge on any atom is 0.227 e. The van der Waals surface area contributed by atoms with Gasteiger partial charge >= 0.3 is 0 Å². The van der Waals surface area contributed by atoms with Crippen LogP contribution in [0.3, 0.4) is 0 Å². The van der Waals surface area contributed by atoms with Gasteiger partial charge in [0, 0.05) is 51.5 Å². The van der Waals surface area contributed by atoms with Crippen LogP contribution in [0.25, 0.3) is 0 Å². The van der Waals surface area contributed by atoms with Crippen molar-refractivity contribution in [2.24, 2.45) is 4.99 Å². The van der Waals surface area contributed by atoms with Crippen molar-refractivity contribution in [1.82, 2.24) is 10.6 Å². The van der Waals surface area contributed by atoms with Crippen LogP contribution in [0.5, 0.6) is 0 Å². The number of benzene rings is 2. The van der Waals surface area contributed by atoms with Crippen molar-refractivity contribution in [2.75, 3.05) is 37.0 Å². The summed E-state index contributed by atoms with van der Waals surface area (Å²) in [4.78, 5) is 20.6. The monoisotopic (exact) mass is 393 g/mol. The third-order valence-corrected chi connectivity index (χ3v) is 4.97. The molecule has 0 radical (unpaired) electrons. The topological polar surface area (TPSA) is 60.0 Å². The van der Waals surface area contributed by atoms with Gasteiger partial charge in [0.05, 0.1) is 6.54 Å². The largest absolute Gasteiger partial charge is 0.378 e. The maximum absolute atomic E-state index is 11.9. The van der Waals surface area contributed by atoms with Gasteiger partial charge in [-0.2, -0.15) is 0 Å². The Balaban J connectivity index is 1.59. The molecule has 0 unspecified atom stereocenters. The number of hydrogen-bond acceptors (Lipinski definition) is 3. The summed E-state index contributed by atoms with van der Waals surface area (Å²) in [5.41, 5.74) is 4.48. The summed E-state index contributed by atoms with van der Waals surface area (Å²) in [5, 5.41) is 6.69. The smallest absolute Gasteiger partial charge is 0.227 e. The number of carbonyl (C=O) groups excluding carboxylic acids is 1. The third-order valence-electron chi connectivity index (χ3n) is 4.97. The molecule has 1 fully saturated rings. The van der Waals surface area contributed by atoms with Crippen LogP contribution in [0.15, 0.2) is 53.5 Å². The highest BCUT2D eigenvalue weighted by atomic mass is 16.2. The number of carbonyl (C=O) groups is 1. The highest BCUT2D eigenvalue weighted by molar-refractivity contribution is 5.95. The Morgan fingerprint density at radius 1 is 1.10 bits per heavy atom. The minimum atomic E-state index is 0.218. The van der Waals surface area contributed by atoms with Crippen molar-refractivity contribution in [3.05, 3.63) is 59.7 Å². The van der Waals surface area contributed by atoms with E-state index in [-0.39, 0.29) is 5.91 Å². The van der Waals surface area contributed by atoms with Gasteiger partial charge in [-0.15, -0.1) is 0 Å². The van der Waals surface area contributed by atoms with E-state index in [1.807, 2.05) is 31.1 Å². The van der Waals surface area contributed by atoms with E-state index in [1.165, 1.54) is 11.3 Å². The summed E-state index contributed by atoms with van der Waals surface area (Å²) < 4.78 is 0. The van der Waals surface area contributed by atoms with Gasteiger partial charge in [0.1, 0.15) is 0 Å². The summed E-state index contributed by atoms with van der Waals surface area (Å²) in [6, 6.07) is 16.6. The first-order valence-electron chi connectivity index (χ1n) is 10.2. The molecule has 6 heteroatoms. The fourth-order valence-corrected chi connectivity index (χ4v) is 3.35. The average Bonchev–Trinajstić information content (AvgIpc) is 3.16. The normalized spacial score (nSPS) is 14.2. The summed E-state index contributed by atoms with van der Waals surface area (Å²) in [5.74, 6) is 1.01. The van der Waals surface area contributed by atoms with E-state index >= 15 is 0 Å². The molecule has 0 aromatic heterocycles. The quantitative estimate of drug-likeness (QED) is 0.560. The Kier molecular flexibility index (Phi) is 7.11. The molecule has 0 saturated carbocycles. The summed E-state index contributed by atoms with van der Waals surface area (Å²) in [6.45, 7) is 4.98. The number of aliphatic imine (C=N–C) groups is 1. The van der Waals surface area contributed by atoms with Crippen molar-refractivity contribution < 1.29 is 4.79 Å². The lowest BCUT2D eigenvalue weighted by molar-refractivity contribution is -0.117. The van der Waals surface area contributed by atoms with Crippen LogP contribution in [0.1, 0.15) is 30.9 Å². The highest BCUT2D eigenvalue weighted by Crippen LogP contribution is 2.21. The van der Waals surface area contributed by atoms with E-state index in [1.54, 1.807) is 0 Å². The molecule has 0 aliphatic carbocycles. The minimum Gasteiger partial charge on any atom is -0.378 e. The van der Waals surface area contributed by atoms with Crippen LogP contribution in [0.4, 0.5) is 11.4 Å². The van der Waals surface area contributed by atoms with E-state index in [0.29, 0.717) is 19.5 Å². The van der Waals surface area contributed by atoms with Crippen LogP contribution in [0.2, 0.25) is 0 Å². The standard InChI is InChI=1S/C23H31N5O/c1-4-24-23(26-17-19-7-5-8-21(15-19)27(2)3)25-16-18-10-12-20(13-11-18)28-14-6-9-22(28)29/h5,7-8,10-13,15H,4,6,9,14,16-17H2,1-3H3,(H2,24,25,26). The number of guanidine groups is 1. The molecule has 1 heterocycles. The Morgan fingerprint density at radius 2 is 1.90 bits per heavy atom. The molecule has 1 aliphatic heterocycles. The number of nitrogens with one attached hydrogen (secondary N) is 2. The van der Waals surface area contributed by atoms with Crippen LogP contribution in [-0.2, 0) is 17.9 Å². The Bertz CT molecular complexity index is 845. The van der Waals surface area contributed by atoms with Crippen molar-refractivity contribution in [3.8, 4) is 0 Å². The molecule has 154 valence electrons. The van der Waals surface area contributed by atoms with Crippen molar-refractivity contribution in [1.29, 1.82) is 0 Å². The van der Waals surface area contributed by atoms with Gasteiger partial charge < -0.3 is 20.4 Å². The number of anilines is 2. The molecule has 2 N–H and O–H groups in total. The van der Waals surface area contributed by atoms with Crippen LogP contribution in [-0.4, -0.2) is 39.1 Å². The number of rotatable bonds is 7. The average molecular weight is 394 g/mol. The lowest BCUT2D eigenvalue weighted by atomic mass is 10.2.